The fourth-order valence-corrected chi connectivity index (χ4v) is 4.72. The van der Waals surface area contributed by atoms with E-state index in [4.69, 9.17) is 4.74 Å². The van der Waals surface area contributed by atoms with Crippen molar-refractivity contribution < 1.29 is 13.2 Å². The minimum absolute atomic E-state index is 0.124. The van der Waals surface area contributed by atoms with Crippen LogP contribution in [0.5, 0.6) is 0 Å². The smallest absolute Gasteiger partial charge is 0.257 e. The number of aromatic nitrogens is 2. The number of nitrogens with zero attached hydrogens (tertiary/aromatic N) is 2. The summed E-state index contributed by atoms with van der Waals surface area (Å²) in [6, 6.07) is 0. The normalized spacial score (nSPS) is 21.0. The summed E-state index contributed by atoms with van der Waals surface area (Å²) in [6.07, 6.45) is 5.11. The summed E-state index contributed by atoms with van der Waals surface area (Å²) < 4.78 is 35.2. The van der Waals surface area contributed by atoms with Crippen molar-refractivity contribution >= 4 is 10.0 Å². The molecule has 0 spiro atoms. The summed E-state index contributed by atoms with van der Waals surface area (Å²) >= 11 is 0. The molecule has 0 atom stereocenters. The average Bonchev–Trinajstić information content (AvgIpc) is 3.09. The lowest BCUT2D eigenvalue weighted by molar-refractivity contribution is 0.0577. The molecule has 8 heteroatoms. The van der Waals surface area contributed by atoms with Crippen LogP contribution in [0.2, 0.25) is 0 Å². The molecule has 0 amide bonds. The van der Waals surface area contributed by atoms with E-state index in [1.165, 1.54) is 6.20 Å². The van der Waals surface area contributed by atoms with E-state index in [1.807, 2.05) is 4.57 Å². The third-order valence-corrected chi connectivity index (χ3v) is 6.11. The standard InChI is InChI=1S/C14H24N4O3S/c1-21-11-14(4-6-15-7-5-14)10-17-22(19,20)13-9-16-12-3-2-8-18(12)13/h9,15,17H,2-8,10-11H2,1H3. The summed E-state index contributed by atoms with van der Waals surface area (Å²) in [5.41, 5.74) is -0.124. The molecule has 0 aromatic carbocycles. The molecule has 1 saturated heterocycles. The summed E-state index contributed by atoms with van der Waals surface area (Å²) in [5.74, 6) is 0.869. The number of hydrogen-bond donors (Lipinski definition) is 2. The summed E-state index contributed by atoms with van der Waals surface area (Å²) in [4.78, 5) is 4.22. The Balaban J connectivity index is 1.73. The highest BCUT2D eigenvalue weighted by atomic mass is 32.2. The number of piperidine rings is 1. The van der Waals surface area contributed by atoms with E-state index in [9.17, 15) is 8.42 Å². The van der Waals surface area contributed by atoms with Gasteiger partial charge in [0.05, 0.1) is 12.8 Å². The van der Waals surface area contributed by atoms with Crippen LogP contribution in [0.4, 0.5) is 0 Å². The zero-order chi connectivity index (χ0) is 15.6. The van der Waals surface area contributed by atoms with Crippen LogP contribution in [-0.4, -0.2) is 51.3 Å². The van der Waals surface area contributed by atoms with Gasteiger partial charge >= 0.3 is 0 Å². The predicted octanol–water partition coefficient (Wildman–Crippen LogP) is 0.124. The van der Waals surface area contributed by atoms with Crippen LogP contribution in [-0.2, 0) is 27.7 Å². The van der Waals surface area contributed by atoms with E-state index in [0.717, 1.165) is 51.1 Å². The molecule has 3 heterocycles. The molecule has 2 aliphatic rings. The molecule has 1 fully saturated rings. The van der Waals surface area contributed by atoms with E-state index in [1.54, 1.807) is 7.11 Å². The molecule has 0 aliphatic carbocycles. The number of rotatable bonds is 6. The van der Waals surface area contributed by atoms with Crippen molar-refractivity contribution in [1.82, 2.24) is 19.6 Å². The highest BCUT2D eigenvalue weighted by Crippen LogP contribution is 2.29. The largest absolute Gasteiger partial charge is 0.384 e. The van der Waals surface area contributed by atoms with Crippen molar-refractivity contribution in [3.63, 3.8) is 0 Å². The Kier molecular flexibility index (Phi) is 4.54. The van der Waals surface area contributed by atoms with Crippen molar-refractivity contribution in [3.05, 3.63) is 12.0 Å². The van der Waals surface area contributed by atoms with Gasteiger partial charge in [0.1, 0.15) is 5.82 Å². The third kappa shape index (κ3) is 3.05. The second kappa shape index (κ2) is 6.27. The van der Waals surface area contributed by atoms with E-state index in [0.29, 0.717) is 18.2 Å². The first-order valence-corrected chi connectivity index (χ1v) is 9.28. The molecule has 0 unspecified atom stereocenters. The number of sulfonamides is 1. The molecule has 0 bridgehead atoms. The lowest BCUT2D eigenvalue weighted by Crippen LogP contribution is -2.47. The molecule has 22 heavy (non-hydrogen) atoms. The lowest BCUT2D eigenvalue weighted by atomic mass is 9.80. The molecular weight excluding hydrogens is 304 g/mol. The van der Waals surface area contributed by atoms with Gasteiger partial charge in [-0.2, -0.15) is 0 Å². The summed E-state index contributed by atoms with van der Waals surface area (Å²) in [5, 5.41) is 3.60. The van der Waals surface area contributed by atoms with Crippen LogP contribution < -0.4 is 10.0 Å². The van der Waals surface area contributed by atoms with Gasteiger partial charge in [-0.1, -0.05) is 0 Å². The first-order chi connectivity index (χ1) is 10.6. The minimum atomic E-state index is -3.52. The fourth-order valence-electron chi connectivity index (χ4n) is 3.40. The average molecular weight is 328 g/mol. The van der Waals surface area contributed by atoms with E-state index < -0.39 is 10.0 Å². The zero-order valence-electron chi connectivity index (χ0n) is 13.0. The summed E-state index contributed by atoms with van der Waals surface area (Å²) in [6.45, 7) is 3.51. The maximum absolute atomic E-state index is 12.6. The van der Waals surface area contributed by atoms with Gasteiger partial charge in [0.2, 0.25) is 0 Å². The van der Waals surface area contributed by atoms with Crippen LogP contribution in [0, 0.1) is 5.41 Å². The van der Waals surface area contributed by atoms with Gasteiger partial charge in [0.25, 0.3) is 10.0 Å². The van der Waals surface area contributed by atoms with Crippen molar-refractivity contribution in [2.24, 2.45) is 5.41 Å². The fraction of sp³-hybridized carbons (Fsp3) is 0.786. The SMILES string of the molecule is COCC1(CNS(=O)(=O)c2cnc3n2CCC3)CCNCC1. The van der Waals surface area contributed by atoms with Crippen LogP contribution in [0.3, 0.4) is 0 Å². The number of fused-ring (bicyclic) bond motifs is 1. The van der Waals surface area contributed by atoms with Crippen molar-refractivity contribution in [2.75, 3.05) is 33.4 Å². The molecule has 1 aromatic heterocycles. The molecule has 7 nitrogen and oxygen atoms in total. The van der Waals surface area contributed by atoms with Gasteiger partial charge in [-0.3, -0.25) is 0 Å². The van der Waals surface area contributed by atoms with Crippen LogP contribution >= 0.6 is 0 Å². The highest BCUT2D eigenvalue weighted by molar-refractivity contribution is 7.89. The van der Waals surface area contributed by atoms with Crippen molar-refractivity contribution in [3.8, 4) is 0 Å². The number of nitrogens with one attached hydrogen (secondary N) is 2. The van der Waals surface area contributed by atoms with Gasteiger partial charge < -0.3 is 14.6 Å². The Labute approximate surface area is 131 Å². The topological polar surface area (TPSA) is 85.2 Å². The third-order valence-electron chi connectivity index (χ3n) is 4.71. The second-order valence-corrected chi connectivity index (χ2v) is 7.99. The quantitative estimate of drug-likeness (QED) is 0.775. The van der Waals surface area contributed by atoms with E-state index in [2.05, 4.69) is 15.0 Å². The van der Waals surface area contributed by atoms with Crippen LogP contribution in [0.1, 0.15) is 25.1 Å². The molecule has 0 saturated carbocycles. The molecule has 124 valence electrons. The van der Waals surface area contributed by atoms with Gasteiger partial charge in [-0.25, -0.2) is 18.1 Å². The van der Waals surface area contributed by atoms with Gasteiger partial charge in [-0.05, 0) is 32.4 Å². The Bertz CT molecular complexity index is 615. The molecule has 2 N–H and O–H groups in total. The monoisotopic (exact) mass is 328 g/mol. The van der Waals surface area contributed by atoms with E-state index >= 15 is 0 Å². The lowest BCUT2D eigenvalue weighted by Gasteiger charge is -2.37. The first-order valence-electron chi connectivity index (χ1n) is 7.80. The zero-order valence-corrected chi connectivity index (χ0v) is 13.8. The molecule has 2 aliphatic heterocycles. The maximum Gasteiger partial charge on any atom is 0.257 e. The number of methoxy groups -OCH3 is 1. The molecule has 0 radical (unpaired) electrons. The molecular formula is C14H24N4O3S. The predicted molar refractivity (Wildman–Crippen MR) is 82.1 cm³/mol. The molecule has 1 aromatic rings. The maximum atomic E-state index is 12.6. The van der Waals surface area contributed by atoms with E-state index in [-0.39, 0.29) is 5.41 Å². The van der Waals surface area contributed by atoms with Gasteiger partial charge in [0.15, 0.2) is 5.03 Å². The second-order valence-electron chi connectivity index (χ2n) is 6.28. The minimum Gasteiger partial charge on any atom is -0.384 e. The van der Waals surface area contributed by atoms with Crippen LogP contribution in [0.15, 0.2) is 11.2 Å². The number of hydrogen-bond acceptors (Lipinski definition) is 5. The Morgan fingerprint density at radius 3 is 2.95 bits per heavy atom. The van der Waals surface area contributed by atoms with Crippen LogP contribution in [0.25, 0.3) is 0 Å². The Morgan fingerprint density at radius 2 is 2.23 bits per heavy atom. The Morgan fingerprint density at radius 1 is 1.45 bits per heavy atom. The van der Waals surface area contributed by atoms with Crippen molar-refractivity contribution in [2.45, 2.75) is 37.3 Å². The highest BCUT2D eigenvalue weighted by Gasteiger charge is 2.34. The number of ether oxygens (including phenoxy) is 1. The number of aryl methyl sites for hydroxylation is 1. The first kappa shape index (κ1) is 15.9. The van der Waals surface area contributed by atoms with Crippen molar-refractivity contribution in [1.29, 1.82) is 0 Å². The number of imidazole rings is 1. The molecule has 3 rings (SSSR count). The summed E-state index contributed by atoms with van der Waals surface area (Å²) in [7, 11) is -1.85. The van der Waals surface area contributed by atoms with Gasteiger partial charge in [-0.15, -0.1) is 0 Å². The Hall–Kier alpha value is -0.960. The van der Waals surface area contributed by atoms with Gasteiger partial charge in [0, 0.05) is 32.0 Å².